The van der Waals surface area contributed by atoms with E-state index >= 15 is 0 Å². The van der Waals surface area contributed by atoms with Crippen LogP contribution in [-0.2, 0) is 19.1 Å². The van der Waals surface area contributed by atoms with Crippen molar-refractivity contribution in [3.63, 3.8) is 0 Å². The molecule has 4 aliphatic heterocycles. The van der Waals surface area contributed by atoms with Gasteiger partial charge in [-0.05, 0) is 74.1 Å². The Balaban J connectivity index is 1.03. The fraction of sp³-hybridized carbons (Fsp3) is 0.471. The van der Waals surface area contributed by atoms with Crippen LogP contribution in [0.4, 0.5) is 16.3 Å². The maximum Gasteiger partial charge on any atom is 0.413 e. The Morgan fingerprint density at radius 3 is 2.53 bits per heavy atom. The number of nitrogens with zero attached hydrogens (tertiary/aromatic N) is 4. The smallest absolute Gasteiger partial charge is 0.397 e. The Morgan fingerprint density at radius 2 is 1.83 bits per heavy atom. The van der Waals surface area contributed by atoms with Gasteiger partial charge in [-0.15, -0.1) is 0 Å². The molecule has 3 fully saturated rings. The lowest BCUT2D eigenvalue weighted by Crippen LogP contribution is -2.43. The normalized spacial score (nSPS) is 22.0. The second-order valence-electron chi connectivity index (χ2n) is 12.7. The number of pyridine rings is 1. The number of hydrogen-bond donors (Lipinski definition) is 4. The van der Waals surface area contributed by atoms with Crippen LogP contribution < -0.4 is 16.0 Å². The predicted molar refractivity (Wildman–Crippen MR) is 177 cm³/mol. The van der Waals surface area contributed by atoms with Crippen molar-refractivity contribution in [3.05, 3.63) is 59.3 Å². The maximum absolute atomic E-state index is 13.8. The van der Waals surface area contributed by atoms with Crippen LogP contribution in [0.2, 0.25) is 0 Å². The summed E-state index contributed by atoms with van der Waals surface area (Å²) in [4.78, 5) is 48.9. The lowest BCUT2D eigenvalue weighted by Gasteiger charge is -2.29. The average Bonchev–Trinajstić information content (AvgIpc) is 3.66. The van der Waals surface area contributed by atoms with Crippen molar-refractivity contribution in [2.24, 2.45) is 11.3 Å². The number of nitrogens with two attached hydrogens (primary N) is 1. The molecule has 3 amide bonds. The number of amides is 3. The second-order valence-corrected chi connectivity index (χ2v) is 12.7. The van der Waals surface area contributed by atoms with Crippen molar-refractivity contribution in [1.82, 2.24) is 20.1 Å². The highest BCUT2D eigenvalue weighted by Crippen LogP contribution is 2.42. The Kier molecular flexibility index (Phi) is 9.37. The van der Waals surface area contributed by atoms with Gasteiger partial charge >= 0.3 is 6.09 Å². The number of nitrogen functional groups attached to an aromatic ring is 1. The molecule has 0 radical (unpaired) electrons. The van der Waals surface area contributed by atoms with Gasteiger partial charge in [-0.1, -0.05) is 18.2 Å². The molecule has 1 atom stereocenters. The van der Waals surface area contributed by atoms with Crippen LogP contribution in [0.5, 0.6) is 0 Å². The van der Waals surface area contributed by atoms with Crippen molar-refractivity contribution in [1.29, 1.82) is 10.8 Å². The molecule has 4 aliphatic rings. The van der Waals surface area contributed by atoms with Crippen LogP contribution in [-0.4, -0.2) is 104 Å². The number of carbonyl (C=O) groups excluding carboxylic acids is 3. The SMILES string of the molecule is CNC(=O)OC(=N)c1ccc(C2=CCN(C(=O)CN3CC[C@]4(CCN(c5ccc(N)c(C(=N)C6CCOCC6)n5)C4=O)C3)CC2)cc1. The van der Waals surface area contributed by atoms with Crippen molar-refractivity contribution in [2.45, 2.75) is 32.1 Å². The summed E-state index contributed by atoms with van der Waals surface area (Å²) in [6, 6.07) is 10.8. The molecular formula is C34H42N8O5. The summed E-state index contributed by atoms with van der Waals surface area (Å²) in [6.07, 6.45) is 4.99. The number of rotatable bonds is 7. The van der Waals surface area contributed by atoms with Crippen molar-refractivity contribution < 1.29 is 23.9 Å². The minimum Gasteiger partial charge on any atom is -0.397 e. The van der Waals surface area contributed by atoms with Crippen LogP contribution >= 0.6 is 0 Å². The first-order valence-electron chi connectivity index (χ1n) is 16.2. The van der Waals surface area contributed by atoms with Gasteiger partial charge in [0.1, 0.15) is 11.5 Å². The number of ether oxygens (including phenoxy) is 2. The summed E-state index contributed by atoms with van der Waals surface area (Å²) >= 11 is 0. The molecule has 13 nitrogen and oxygen atoms in total. The summed E-state index contributed by atoms with van der Waals surface area (Å²) in [6.45, 7) is 4.38. The minimum atomic E-state index is -0.687. The molecule has 248 valence electrons. The zero-order chi connectivity index (χ0) is 33.1. The van der Waals surface area contributed by atoms with Crippen LogP contribution in [0.15, 0.2) is 42.5 Å². The summed E-state index contributed by atoms with van der Waals surface area (Å²) in [7, 11) is 1.44. The first-order valence-corrected chi connectivity index (χ1v) is 16.2. The van der Waals surface area contributed by atoms with E-state index in [1.54, 1.807) is 29.2 Å². The fourth-order valence-electron chi connectivity index (χ4n) is 7.00. The maximum atomic E-state index is 13.8. The molecule has 3 saturated heterocycles. The Morgan fingerprint density at radius 1 is 1.09 bits per heavy atom. The van der Waals surface area contributed by atoms with Crippen molar-refractivity contribution in [3.8, 4) is 0 Å². The number of anilines is 2. The fourth-order valence-corrected chi connectivity index (χ4v) is 7.00. The van der Waals surface area contributed by atoms with Gasteiger partial charge < -0.3 is 30.8 Å². The monoisotopic (exact) mass is 642 g/mol. The van der Waals surface area contributed by atoms with E-state index in [4.69, 9.17) is 31.0 Å². The standard InChI is InChI=1S/C34H42N8O5/c1-38-33(45)47-31(37)25-4-2-22(3-5-25)23-8-14-41(15-9-23)28(43)20-40-16-12-34(21-40)13-17-42(32(34)44)27-7-6-26(35)30(39-27)29(36)24-10-18-46-19-11-24/h2-8,24,36-37H,9-21,35H2,1H3,(H,38,45)/t34-/m0/s1. The van der Waals surface area contributed by atoms with E-state index in [-0.39, 0.29) is 30.2 Å². The Labute approximate surface area is 274 Å². The number of aromatic nitrogens is 1. The second kappa shape index (κ2) is 13.6. The first kappa shape index (κ1) is 32.3. The van der Waals surface area contributed by atoms with Gasteiger partial charge in [-0.3, -0.25) is 24.8 Å². The largest absolute Gasteiger partial charge is 0.413 e. The van der Waals surface area contributed by atoms with Crippen LogP contribution in [0, 0.1) is 22.2 Å². The van der Waals surface area contributed by atoms with Gasteiger partial charge in [-0.2, -0.15) is 0 Å². The molecule has 47 heavy (non-hydrogen) atoms. The van der Waals surface area contributed by atoms with Gasteiger partial charge in [-0.25, -0.2) is 9.78 Å². The lowest BCUT2D eigenvalue weighted by atomic mass is 9.85. The van der Waals surface area contributed by atoms with Crippen LogP contribution in [0.3, 0.4) is 0 Å². The first-order chi connectivity index (χ1) is 22.7. The third kappa shape index (κ3) is 6.77. The van der Waals surface area contributed by atoms with E-state index in [2.05, 4.69) is 16.3 Å². The highest BCUT2D eigenvalue weighted by molar-refractivity contribution is 6.04. The molecule has 1 aromatic heterocycles. The molecule has 5 heterocycles. The highest BCUT2D eigenvalue weighted by atomic mass is 16.6. The third-order valence-electron chi connectivity index (χ3n) is 9.86. The lowest BCUT2D eigenvalue weighted by molar-refractivity contribution is -0.132. The zero-order valence-electron chi connectivity index (χ0n) is 26.7. The van der Waals surface area contributed by atoms with E-state index in [1.807, 2.05) is 17.0 Å². The predicted octanol–water partition coefficient (Wildman–Crippen LogP) is 2.88. The summed E-state index contributed by atoms with van der Waals surface area (Å²) in [5, 5.41) is 19.0. The van der Waals surface area contributed by atoms with Gasteiger partial charge in [0.05, 0.1) is 23.4 Å². The van der Waals surface area contributed by atoms with Crippen molar-refractivity contribution in [2.75, 3.05) is 70.2 Å². The molecule has 0 saturated carbocycles. The summed E-state index contributed by atoms with van der Waals surface area (Å²) in [5.74, 6) is 0.428. The Bertz CT molecular complexity index is 1600. The van der Waals surface area contributed by atoms with Crippen LogP contribution in [0.1, 0.15) is 48.9 Å². The molecule has 13 heteroatoms. The molecular weight excluding hydrogens is 600 g/mol. The number of carbonyl (C=O) groups is 3. The van der Waals surface area contributed by atoms with Gasteiger partial charge in [0, 0.05) is 57.9 Å². The number of nitrogens with one attached hydrogen (secondary N) is 3. The average molecular weight is 643 g/mol. The molecule has 1 spiro atoms. The van der Waals surface area contributed by atoms with Crippen molar-refractivity contribution >= 4 is 46.6 Å². The van der Waals surface area contributed by atoms with E-state index in [9.17, 15) is 14.4 Å². The van der Waals surface area contributed by atoms with E-state index in [1.165, 1.54) is 7.05 Å². The van der Waals surface area contributed by atoms with E-state index < -0.39 is 11.5 Å². The van der Waals surface area contributed by atoms with E-state index in [0.717, 1.165) is 24.0 Å². The van der Waals surface area contributed by atoms with Gasteiger partial charge in [0.25, 0.3) is 0 Å². The third-order valence-corrected chi connectivity index (χ3v) is 9.86. The number of hydrogen-bond acceptors (Lipinski definition) is 10. The number of alkyl carbamates (subject to hydrolysis) is 1. The summed E-state index contributed by atoms with van der Waals surface area (Å²) < 4.78 is 10.3. The van der Waals surface area contributed by atoms with Gasteiger partial charge in [0.2, 0.25) is 17.7 Å². The topological polar surface area (TPSA) is 178 Å². The zero-order valence-corrected chi connectivity index (χ0v) is 26.7. The highest BCUT2D eigenvalue weighted by Gasteiger charge is 2.51. The summed E-state index contributed by atoms with van der Waals surface area (Å²) in [5.41, 5.74) is 9.62. The molecule has 1 aromatic carbocycles. The molecule has 0 aliphatic carbocycles. The minimum absolute atomic E-state index is 0.0279. The molecule has 5 N–H and O–H groups in total. The Hall–Kier alpha value is -4.62. The van der Waals surface area contributed by atoms with E-state index in [0.29, 0.717) is 93.7 Å². The quantitative estimate of drug-likeness (QED) is 0.263. The molecule has 2 aromatic rings. The van der Waals surface area contributed by atoms with Gasteiger partial charge in [0.15, 0.2) is 0 Å². The number of likely N-dealkylation sites (tertiary alicyclic amines) is 1. The number of benzene rings is 1. The van der Waals surface area contributed by atoms with Crippen LogP contribution in [0.25, 0.3) is 5.57 Å². The molecule has 0 bridgehead atoms. The molecule has 0 unspecified atom stereocenters. The molecule has 6 rings (SSSR count).